The number of ketones is 1. The summed E-state index contributed by atoms with van der Waals surface area (Å²) in [5.41, 5.74) is 1.09. The molecule has 0 aliphatic heterocycles. The maximum Gasteiger partial charge on any atom is 0.159 e. The van der Waals surface area contributed by atoms with E-state index in [2.05, 4.69) is 0 Å². The van der Waals surface area contributed by atoms with Gasteiger partial charge in [0.2, 0.25) is 0 Å². The summed E-state index contributed by atoms with van der Waals surface area (Å²) >= 11 is 0. The van der Waals surface area contributed by atoms with Crippen LogP contribution in [0.5, 0.6) is 5.75 Å². The van der Waals surface area contributed by atoms with Crippen LogP contribution in [0.2, 0.25) is 0 Å². The van der Waals surface area contributed by atoms with Gasteiger partial charge in [-0.05, 0) is 37.3 Å². The van der Waals surface area contributed by atoms with Gasteiger partial charge < -0.3 is 9.52 Å². The lowest BCUT2D eigenvalue weighted by Gasteiger charge is -2.03. The molecule has 2 rings (SSSR count). The van der Waals surface area contributed by atoms with E-state index >= 15 is 0 Å². The van der Waals surface area contributed by atoms with Crippen LogP contribution in [0.25, 0.3) is 11.3 Å². The van der Waals surface area contributed by atoms with Gasteiger partial charge in [-0.2, -0.15) is 0 Å². The van der Waals surface area contributed by atoms with Crippen molar-refractivity contribution in [3.8, 4) is 17.1 Å². The first-order chi connectivity index (χ1) is 7.18. The number of furan rings is 1. The number of benzene rings is 1. The summed E-state index contributed by atoms with van der Waals surface area (Å²) in [6.45, 7) is 1.48. The van der Waals surface area contributed by atoms with Gasteiger partial charge in [0.1, 0.15) is 11.5 Å². The average Bonchev–Trinajstić information content (AvgIpc) is 2.71. The van der Waals surface area contributed by atoms with Gasteiger partial charge in [0.05, 0.1) is 11.8 Å². The molecule has 0 aliphatic rings. The van der Waals surface area contributed by atoms with Crippen molar-refractivity contribution in [2.45, 2.75) is 6.92 Å². The highest BCUT2D eigenvalue weighted by molar-refractivity contribution is 5.95. The molecule has 0 bridgehead atoms. The zero-order valence-electron chi connectivity index (χ0n) is 8.23. The molecule has 1 N–H and O–H groups in total. The number of aromatic hydroxyl groups is 1. The molecule has 76 valence electrons. The molecule has 0 radical (unpaired) electrons. The minimum Gasteiger partial charge on any atom is -0.507 e. The van der Waals surface area contributed by atoms with Crippen molar-refractivity contribution in [1.82, 2.24) is 0 Å². The molecule has 0 spiro atoms. The molecule has 0 unspecified atom stereocenters. The Morgan fingerprint density at radius 3 is 2.73 bits per heavy atom. The SMILES string of the molecule is CC(=O)c1ccc(O)c(-c2ccco2)c1. The highest BCUT2D eigenvalue weighted by Gasteiger charge is 2.09. The van der Waals surface area contributed by atoms with Gasteiger partial charge in [-0.1, -0.05) is 0 Å². The Labute approximate surface area is 87.0 Å². The molecular weight excluding hydrogens is 192 g/mol. The van der Waals surface area contributed by atoms with Gasteiger partial charge in [-0.25, -0.2) is 0 Å². The fraction of sp³-hybridized carbons (Fsp3) is 0.0833. The second kappa shape index (κ2) is 3.61. The summed E-state index contributed by atoms with van der Waals surface area (Å²) in [6, 6.07) is 8.17. The van der Waals surface area contributed by atoms with Crippen LogP contribution < -0.4 is 0 Å². The van der Waals surface area contributed by atoms with Crippen molar-refractivity contribution in [2.75, 3.05) is 0 Å². The van der Waals surface area contributed by atoms with Gasteiger partial charge >= 0.3 is 0 Å². The number of hydrogen-bond acceptors (Lipinski definition) is 3. The number of Topliss-reactive ketones (excluding diaryl/α,β-unsaturated/α-hetero) is 1. The molecule has 3 heteroatoms. The molecule has 0 amide bonds. The Morgan fingerprint density at radius 1 is 1.33 bits per heavy atom. The lowest BCUT2D eigenvalue weighted by Crippen LogP contribution is -1.91. The summed E-state index contributed by atoms with van der Waals surface area (Å²) < 4.78 is 5.16. The standard InChI is InChI=1S/C12H10O3/c1-8(13)9-4-5-11(14)10(7-9)12-3-2-6-15-12/h2-7,14H,1H3. The van der Waals surface area contributed by atoms with Gasteiger partial charge in [0.15, 0.2) is 5.78 Å². The predicted molar refractivity (Wildman–Crippen MR) is 55.8 cm³/mol. The highest BCUT2D eigenvalue weighted by atomic mass is 16.3. The van der Waals surface area contributed by atoms with Gasteiger partial charge in [-0.15, -0.1) is 0 Å². The fourth-order valence-corrected chi connectivity index (χ4v) is 1.38. The normalized spacial score (nSPS) is 10.2. The Morgan fingerprint density at radius 2 is 2.13 bits per heavy atom. The Balaban J connectivity index is 2.55. The summed E-state index contributed by atoms with van der Waals surface area (Å²) in [7, 11) is 0. The Kier molecular flexibility index (Phi) is 2.29. The first-order valence-electron chi connectivity index (χ1n) is 4.56. The van der Waals surface area contributed by atoms with E-state index in [-0.39, 0.29) is 11.5 Å². The fourth-order valence-electron chi connectivity index (χ4n) is 1.38. The summed E-state index contributed by atoms with van der Waals surface area (Å²) in [5, 5.41) is 9.62. The quantitative estimate of drug-likeness (QED) is 0.762. The molecule has 0 saturated carbocycles. The van der Waals surface area contributed by atoms with E-state index in [1.165, 1.54) is 19.3 Å². The van der Waals surface area contributed by atoms with Crippen molar-refractivity contribution in [3.63, 3.8) is 0 Å². The molecule has 15 heavy (non-hydrogen) atoms. The largest absolute Gasteiger partial charge is 0.507 e. The second-order valence-electron chi connectivity index (χ2n) is 3.27. The summed E-state index contributed by atoms with van der Waals surface area (Å²) in [4.78, 5) is 11.2. The maximum atomic E-state index is 11.2. The van der Waals surface area contributed by atoms with E-state index in [1.807, 2.05) is 0 Å². The van der Waals surface area contributed by atoms with Crippen LogP contribution in [0, 0.1) is 0 Å². The number of phenolic OH excluding ortho intramolecular Hbond substituents is 1. The van der Waals surface area contributed by atoms with Gasteiger partial charge in [0, 0.05) is 5.56 Å². The minimum absolute atomic E-state index is 0.0391. The Bertz CT molecular complexity index is 484. The van der Waals surface area contributed by atoms with Crippen LogP contribution in [0.15, 0.2) is 41.0 Å². The maximum absolute atomic E-state index is 11.2. The number of hydrogen-bond donors (Lipinski definition) is 1. The van der Waals surface area contributed by atoms with Crippen LogP contribution >= 0.6 is 0 Å². The monoisotopic (exact) mass is 202 g/mol. The van der Waals surface area contributed by atoms with Crippen molar-refractivity contribution < 1.29 is 14.3 Å². The molecule has 0 atom stereocenters. The second-order valence-corrected chi connectivity index (χ2v) is 3.27. The van der Waals surface area contributed by atoms with Crippen molar-refractivity contribution in [2.24, 2.45) is 0 Å². The van der Waals surface area contributed by atoms with Crippen molar-refractivity contribution in [3.05, 3.63) is 42.2 Å². The minimum atomic E-state index is -0.0391. The predicted octanol–water partition coefficient (Wildman–Crippen LogP) is 2.85. The molecule has 3 nitrogen and oxygen atoms in total. The zero-order chi connectivity index (χ0) is 10.8. The van der Waals surface area contributed by atoms with Crippen LogP contribution in [-0.4, -0.2) is 10.9 Å². The first-order valence-corrected chi connectivity index (χ1v) is 4.56. The number of phenols is 1. The molecule has 1 aromatic heterocycles. The Hall–Kier alpha value is -2.03. The molecule has 0 fully saturated rings. The lowest BCUT2D eigenvalue weighted by atomic mass is 10.1. The van der Waals surface area contributed by atoms with Crippen molar-refractivity contribution >= 4 is 5.78 Å². The molecule has 1 heterocycles. The summed E-state index contributed by atoms with van der Waals surface area (Å²) in [6.07, 6.45) is 1.52. The van der Waals surface area contributed by atoms with Crippen LogP contribution in [0.3, 0.4) is 0 Å². The molecule has 2 aromatic rings. The van der Waals surface area contributed by atoms with E-state index in [0.29, 0.717) is 16.9 Å². The van der Waals surface area contributed by atoms with Gasteiger partial charge in [-0.3, -0.25) is 4.79 Å². The highest BCUT2D eigenvalue weighted by Crippen LogP contribution is 2.30. The molecule has 0 aliphatic carbocycles. The third kappa shape index (κ3) is 1.76. The van der Waals surface area contributed by atoms with E-state index in [4.69, 9.17) is 4.42 Å². The van der Waals surface area contributed by atoms with Gasteiger partial charge in [0.25, 0.3) is 0 Å². The van der Waals surface area contributed by atoms with E-state index in [1.54, 1.807) is 24.3 Å². The number of carbonyl (C=O) groups is 1. The number of carbonyl (C=O) groups excluding carboxylic acids is 1. The van der Waals surface area contributed by atoms with Crippen LogP contribution in [0.4, 0.5) is 0 Å². The number of rotatable bonds is 2. The van der Waals surface area contributed by atoms with E-state index < -0.39 is 0 Å². The zero-order valence-corrected chi connectivity index (χ0v) is 8.23. The van der Waals surface area contributed by atoms with E-state index in [0.717, 1.165) is 0 Å². The molecule has 0 saturated heterocycles. The lowest BCUT2D eigenvalue weighted by molar-refractivity contribution is 0.101. The van der Waals surface area contributed by atoms with Crippen LogP contribution in [-0.2, 0) is 0 Å². The molecule has 1 aromatic carbocycles. The smallest absolute Gasteiger partial charge is 0.159 e. The first kappa shape index (κ1) is 9.52. The van der Waals surface area contributed by atoms with Crippen molar-refractivity contribution in [1.29, 1.82) is 0 Å². The van der Waals surface area contributed by atoms with Crippen LogP contribution in [0.1, 0.15) is 17.3 Å². The third-order valence-electron chi connectivity index (χ3n) is 2.19. The topological polar surface area (TPSA) is 50.4 Å². The molecular formula is C12H10O3. The van der Waals surface area contributed by atoms with E-state index in [9.17, 15) is 9.90 Å². The average molecular weight is 202 g/mol. The third-order valence-corrected chi connectivity index (χ3v) is 2.19. The summed E-state index contributed by atoms with van der Waals surface area (Å²) in [5.74, 6) is 0.619.